The summed E-state index contributed by atoms with van der Waals surface area (Å²) in [6, 6.07) is 9.93. The van der Waals surface area contributed by atoms with E-state index in [0.29, 0.717) is 12.4 Å². The summed E-state index contributed by atoms with van der Waals surface area (Å²) in [6.07, 6.45) is 5.75. The SMILES string of the molecule is COc1ncc(B2OC(C)(C)C(C)(C)O2)cc1C=Cc1ccc(N2CCNC(C(=O)OC(C)(C)C)C2)cc1. The summed E-state index contributed by atoms with van der Waals surface area (Å²) in [6.45, 7) is 15.9. The monoisotopic (exact) mass is 521 g/mol. The number of nitrogens with zero attached hydrogens (tertiary/aromatic N) is 2. The third-order valence-electron chi connectivity index (χ3n) is 7.20. The Hall–Kier alpha value is -2.88. The number of aromatic nitrogens is 1. The Bertz CT molecular complexity index is 1160. The fourth-order valence-electron chi connectivity index (χ4n) is 4.38. The molecular weight excluding hydrogens is 481 g/mol. The van der Waals surface area contributed by atoms with Crippen molar-refractivity contribution < 1.29 is 23.6 Å². The van der Waals surface area contributed by atoms with Crippen LogP contribution in [0.3, 0.4) is 0 Å². The molecule has 0 aliphatic carbocycles. The molecule has 2 aliphatic rings. The Kier molecular flexibility index (Phi) is 7.93. The predicted octanol–water partition coefficient (Wildman–Crippen LogP) is 3.68. The Morgan fingerprint density at radius 3 is 2.39 bits per heavy atom. The van der Waals surface area contributed by atoms with Gasteiger partial charge < -0.3 is 29.0 Å². The number of hydrogen-bond acceptors (Lipinski definition) is 8. The number of nitrogens with one attached hydrogen (secondary N) is 1. The topological polar surface area (TPSA) is 82.2 Å². The summed E-state index contributed by atoms with van der Waals surface area (Å²) in [5.74, 6) is 0.319. The molecule has 2 saturated heterocycles. The zero-order chi connectivity index (χ0) is 27.7. The second-order valence-electron chi connectivity index (χ2n) is 11.9. The summed E-state index contributed by atoms with van der Waals surface area (Å²) >= 11 is 0. The number of rotatable bonds is 6. The molecule has 1 aromatic heterocycles. The van der Waals surface area contributed by atoms with Gasteiger partial charge in [-0.05, 0) is 78.3 Å². The number of piperazine rings is 1. The maximum Gasteiger partial charge on any atom is 0.496 e. The van der Waals surface area contributed by atoms with Gasteiger partial charge in [-0.15, -0.1) is 0 Å². The number of benzene rings is 1. The average molecular weight is 521 g/mol. The number of esters is 1. The van der Waals surface area contributed by atoms with E-state index >= 15 is 0 Å². The molecule has 0 radical (unpaired) electrons. The van der Waals surface area contributed by atoms with E-state index in [0.717, 1.165) is 35.4 Å². The van der Waals surface area contributed by atoms with E-state index in [4.69, 9.17) is 18.8 Å². The molecule has 4 rings (SSSR count). The fourth-order valence-corrected chi connectivity index (χ4v) is 4.38. The molecule has 2 aliphatic heterocycles. The number of anilines is 1. The molecule has 1 aromatic carbocycles. The summed E-state index contributed by atoms with van der Waals surface area (Å²) in [4.78, 5) is 19.2. The van der Waals surface area contributed by atoms with Gasteiger partial charge in [-0.1, -0.05) is 18.2 Å². The largest absolute Gasteiger partial charge is 0.496 e. The highest BCUT2D eigenvalue weighted by atomic mass is 16.7. The highest BCUT2D eigenvalue weighted by Crippen LogP contribution is 2.36. The molecular formula is C29H40BN3O5. The van der Waals surface area contributed by atoms with Crippen LogP contribution >= 0.6 is 0 Å². The van der Waals surface area contributed by atoms with Crippen molar-refractivity contribution in [3.63, 3.8) is 0 Å². The van der Waals surface area contributed by atoms with Crippen molar-refractivity contribution in [1.82, 2.24) is 10.3 Å². The van der Waals surface area contributed by atoms with Gasteiger partial charge in [0.1, 0.15) is 11.6 Å². The summed E-state index contributed by atoms with van der Waals surface area (Å²) in [7, 11) is 1.12. The Balaban J connectivity index is 1.45. The molecule has 0 spiro atoms. The van der Waals surface area contributed by atoms with Gasteiger partial charge in [0.25, 0.3) is 0 Å². The molecule has 9 heteroatoms. The van der Waals surface area contributed by atoms with Crippen LogP contribution in [0.4, 0.5) is 5.69 Å². The van der Waals surface area contributed by atoms with Crippen LogP contribution in [0.25, 0.3) is 12.2 Å². The normalized spacial score (nSPS) is 21.1. The minimum Gasteiger partial charge on any atom is -0.481 e. The van der Waals surface area contributed by atoms with Gasteiger partial charge in [0.2, 0.25) is 5.88 Å². The van der Waals surface area contributed by atoms with Crippen molar-refractivity contribution in [3.05, 3.63) is 47.7 Å². The first kappa shape index (κ1) is 28.1. The molecule has 2 aromatic rings. The van der Waals surface area contributed by atoms with Crippen molar-refractivity contribution in [2.24, 2.45) is 0 Å². The van der Waals surface area contributed by atoms with Crippen LogP contribution < -0.4 is 20.4 Å². The van der Waals surface area contributed by atoms with Crippen molar-refractivity contribution in [2.45, 2.75) is 71.3 Å². The summed E-state index contributed by atoms with van der Waals surface area (Å²) in [5, 5.41) is 3.27. The average Bonchev–Trinajstić information content (AvgIpc) is 3.08. The molecule has 0 saturated carbocycles. The smallest absolute Gasteiger partial charge is 0.481 e. The van der Waals surface area contributed by atoms with Crippen molar-refractivity contribution >= 4 is 36.4 Å². The van der Waals surface area contributed by atoms with Crippen molar-refractivity contribution in [3.8, 4) is 5.88 Å². The van der Waals surface area contributed by atoms with E-state index in [1.54, 1.807) is 13.3 Å². The number of ether oxygens (including phenoxy) is 2. The van der Waals surface area contributed by atoms with Gasteiger partial charge in [0.15, 0.2) is 0 Å². The van der Waals surface area contributed by atoms with Gasteiger partial charge in [-0.25, -0.2) is 4.98 Å². The predicted molar refractivity (Wildman–Crippen MR) is 152 cm³/mol. The standard InChI is InChI=1S/C29H40BN3O5/c1-27(2,3)36-26(34)24-19-33(16-15-31-24)23-13-10-20(11-14-23)9-12-21-17-22(18-32-25(21)35-8)30-37-28(4,5)29(6,7)38-30/h9-14,17-18,24,31H,15-16,19H2,1-8H3. The molecule has 2 fully saturated rings. The van der Waals surface area contributed by atoms with Crippen LogP contribution in [-0.2, 0) is 18.8 Å². The molecule has 8 nitrogen and oxygen atoms in total. The fraction of sp³-hybridized carbons (Fsp3) is 0.517. The molecule has 1 N–H and O–H groups in total. The van der Waals surface area contributed by atoms with Crippen molar-refractivity contribution in [2.75, 3.05) is 31.6 Å². The van der Waals surface area contributed by atoms with Gasteiger partial charge in [-0.2, -0.15) is 0 Å². The molecule has 38 heavy (non-hydrogen) atoms. The van der Waals surface area contributed by atoms with Gasteiger partial charge in [0.05, 0.1) is 18.3 Å². The first-order chi connectivity index (χ1) is 17.8. The van der Waals surface area contributed by atoms with Crippen LogP contribution in [0.2, 0.25) is 0 Å². The second-order valence-corrected chi connectivity index (χ2v) is 11.9. The van der Waals surface area contributed by atoms with Gasteiger partial charge in [-0.3, -0.25) is 4.79 Å². The minimum absolute atomic E-state index is 0.216. The first-order valence-corrected chi connectivity index (χ1v) is 13.2. The van der Waals surface area contributed by atoms with E-state index in [-0.39, 0.29) is 12.0 Å². The van der Waals surface area contributed by atoms with E-state index in [2.05, 4.69) is 39.5 Å². The maximum absolute atomic E-state index is 12.5. The van der Waals surface area contributed by atoms with E-state index in [1.165, 1.54) is 0 Å². The number of carbonyl (C=O) groups excluding carboxylic acids is 1. The highest BCUT2D eigenvalue weighted by Gasteiger charge is 2.51. The maximum atomic E-state index is 12.5. The number of methoxy groups -OCH3 is 1. The summed E-state index contributed by atoms with van der Waals surface area (Å²) in [5.41, 5.74) is 2.44. The molecule has 204 valence electrons. The van der Waals surface area contributed by atoms with E-state index in [1.807, 2.05) is 66.7 Å². The first-order valence-electron chi connectivity index (χ1n) is 13.2. The van der Waals surface area contributed by atoms with Crippen LogP contribution in [-0.4, -0.2) is 67.7 Å². The van der Waals surface area contributed by atoms with Gasteiger partial charge >= 0.3 is 13.1 Å². The molecule has 1 unspecified atom stereocenters. The van der Waals surface area contributed by atoms with E-state index in [9.17, 15) is 4.79 Å². The van der Waals surface area contributed by atoms with Crippen molar-refractivity contribution in [1.29, 1.82) is 0 Å². The second kappa shape index (κ2) is 10.7. The Morgan fingerprint density at radius 1 is 1.13 bits per heavy atom. The lowest BCUT2D eigenvalue weighted by Crippen LogP contribution is -2.55. The molecule has 0 amide bonds. The zero-order valence-corrected chi connectivity index (χ0v) is 23.8. The minimum atomic E-state index is -0.503. The number of pyridine rings is 1. The van der Waals surface area contributed by atoms with Crippen LogP contribution in [0.1, 0.15) is 59.6 Å². The lowest BCUT2D eigenvalue weighted by atomic mass is 9.79. The Morgan fingerprint density at radius 2 is 1.79 bits per heavy atom. The van der Waals surface area contributed by atoms with Gasteiger partial charge in [0, 0.05) is 42.5 Å². The Labute approximate surface area is 226 Å². The lowest BCUT2D eigenvalue weighted by molar-refractivity contribution is -0.157. The van der Waals surface area contributed by atoms with Crippen LogP contribution in [0.5, 0.6) is 5.88 Å². The van der Waals surface area contributed by atoms with Crippen LogP contribution in [0, 0.1) is 0 Å². The third-order valence-corrected chi connectivity index (χ3v) is 7.20. The molecule has 0 bridgehead atoms. The highest BCUT2D eigenvalue weighted by molar-refractivity contribution is 6.62. The third kappa shape index (κ3) is 6.39. The lowest BCUT2D eigenvalue weighted by Gasteiger charge is -2.35. The number of hydrogen-bond donors (Lipinski definition) is 1. The quantitative estimate of drug-likeness (QED) is 0.456. The molecule has 1 atom stereocenters. The summed E-state index contributed by atoms with van der Waals surface area (Å²) < 4.78 is 23.4. The van der Waals surface area contributed by atoms with Crippen LogP contribution in [0.15, 0.2) is 36.5 Å². The number of carbonyl (C=O) groups is 1. The zero-order valence-electron chi connectivity index (χ0n) is 23.8. The molecule has 3 heterocycles. The van der Waals surface area contributed by atoms with E-state index < -0.39 is 23.9 Å².